The molecule has 0 saturated carbocycles. The summed E-state index contributed by atoms with van der Waals surface area (Å²) in [6.07, 6.45) is 2.29. The van der Waals surface area contributed by atoms with Gasteiger partial charge < -0.3 is 4.90 Å². The van der Waals surface area contributed by atoms with Gasteiger partial charge in [-0.15, -0.1) is 0 Å². The van der Waals surface area contributed by atoms with Gasteiger partial charge in [0.1, 0.15) is 0 Å². The van der Waals surface area contributed by atoms with Crippen LogP contribution in [0.1, 0.15) is 11.1 Å². The number of benzene rings is 4. The van der Waals surface area contributed by atoms with E-state index >= 15 is 0 Å². The molecule has 0 fully saturated rings. The molecule has 134 valence electrons. The van der Waals surface area contributed by atoms with Gasteiger partial charge in [-0.2, -0.15) is 0 Å². The highest BCUT2D eigenvalue weighted by Crippen LogP contribution is 2.46. The van der Waals surface area contributed by atoms with Crippen molar-refractivity contribution in [3.05, 3.63) is 108 Å². The van der Waals surface area contributed by atoms with Gasteiger partial charge >= 0.3 is 0 Å². The van der Waals surface area contributed by atoms with E-state index in [4.69, 9.17) is 0 Å². The van der Waals surface area contributed by atoms with Crippen LogP contribution in [0.4, 0.5) is 11.4 Å². The predicted molar refractivity (Wildman–Crippen MR) is 117 cm³/mol. The van der Waals surface area contributed by atoms with Crippen molar-refractivity contribution in [3.8, 4) is 22.3 Å². The molecule has 2 aliphatic rings. The van der Waals surface area contributed by atoms with Crippen LogP contribution in [0, 0.1) is 0 Å². The van der Waals surface area contributed by atoms with Gasteiger partial charge in [0.2, 0.25) is 0 Å². The van der Waals surface area contributed by atoms with Crippen LogP contribution < -0.4 is 4.90 Å². The number of para-hydroxylation sites is 1. The van der Waals surface area contributed by atoms with Crippen LogP contribution in [0.15, 0.2) is 97.1 Å². The third-order valence-electron chi connectivity index (χ3n) is 6.17. The quantitative estimate of drug-likeness (QED) is 0.388. The molecule has 0 aromatic heterocycles. The number of rotatable bonds is 2. The second kappa shape index (κ2) is 6.10. The van der Waals surface area contributed by atoms with E-state index in [1.54, 1.807) is 0 Å². The summed E-state index contributed by atoms with van der Waals surface area (Å²) in [4.78, 5) is 2.55. The molecule has 1 heteroatoms. The van der Waals surface area contributed by atoms with E-state index in [0.29, 0.717) is 6.04 Å². The smallest absolute Gasteiger partial charge is 0.0447 e. The van der Waals surface area contributed by atoms with Crippen LogP contribution in [0.2, 0.25) is 0 Å². The first-order chi connectivity index (χ1) is 13.9. The Labute approximate surface area is 165 Å². The van der Waals surface area contributed by atoms with E-state index in [2.05, 4.69) is 102 Å². The highest BCUT2D eigenvalue weighted by molar-refractivity contribution is 5.81. The minimum absolute atomic E-state index is 0.582. The molecule has 1 nitrogen and oxygen atoms in total. The molecule has 0 N–H and O–H groups in total. The number of nitrogens with zero attached hydrogens (tertiary/aromatic N) is 1. The maximum atomic E-state index is 2.55. The lowest BCUT2D eigenvalue weighted by Crippen LogP contribution is -2.22. The summed E-state index contributed by atoms with van der Waals surface area (Å²) in [6.45, 7) is 0. The summed E-state index contributed by atoms with van der Waals surface area (Å²) in [5, 5.41) is 0. The molecule has 0 spiro atoms. The van der Waals surface area contributed by atoms with E-state index in [-0.39, 0.29) is 0 Å². The Hall–Kier alpha value is -3.32. The Balaban J connectivity index is 1.39. The van der Waals surface area contributed by atoms with Crippen LogP contribution in [-0.2, 0) is 12.8 Å². The maximum Gasteiger partial charge on any atom is 0.0447 e. The number of hydrogen-bond donors (Lipinski definition) is 0. The van der Waals surface area contributed by atoms with Crippen molar-refractivity contribution in [1.82, 2.24) is 0 Å². The second-order valence-electron chi connectivity index (χ2n) is 7.85. The molecule has 28 heavy (non-hydrogen) atoms. The van der Waals surface area contributed by atoms with E-state index in [0.717, 1.165) is 12.8 Å². The standard InChI is InChI=1S/C27H21N/c1-2-7-19(8-3-1)20-10-6-11-21(15-20)22-13-14-27-24(16-22)18-25-17-23-9-4-5-12-26(23)28(25)27/h1-16,25H,17-18H2. The first-order valence-electron chi connectivity index (χ1n) is 10.0. The zero-order valence-electron chi connectivity index (χ0n) is 15.7. The van der Waals surface area contributed by atoms with Gasteiger partial charge in [0, 0.05) is 17.4 Å². The average molecular weight is 359 g/mol. The van der Waals surface area contributed by atoms with Crippen LogP contribution >= 0.6 is 0 Å². The Bertz CT molecular complexity index is 1180. The number of hydrogen-bond acceptors (Lipinski definition) is 1. The number of fused-ring (bicyclic) bond motifs is 5. The van der Waals surface area contributed by atoms with Crippen LogP contribution in [0.25, 0.3) is 22.3 Å². The van der Waals surface area contributed by atoms with Gasteiger partial charge in [-0.3, -0.25) is 0 Å². The van der Waals surface area contributed by atoms with Crippen molar-refractivity contribution < 1.29 is 0 Å². The minimum Gasteiger partial charge on any atom is -0.337 e. The van der Waals surface area contributed by atoms with Crippen LogP contribution in [0.5, 0.6) is 0 Å². The molecule has 4 aromatic carbocycles. The van der Waals surface area contributed by atoms with E-state index in [9.17, 15) is 0 Å². The van der Waals surface area contributed by atoms with Crippen molar-refractivity contribution in [3.63, 3.8) is 0 Å². The molecule has 4 aromatic rings. The molecule has 6 rings (SSSR count). The Morgan fingerprint density at radius 2 is 1.14 bits per heavy atom. The summed E-state index contributed by atoms with van der Waals surface area (Å²) in [6, 6.07) is 35.9. The molecular formula is C27H21N. The fourth-order valence-corrected chi connectivity index (χ4v) is 4.88. The molecule has 0 bridgehead atoms. The molecule has 2 heterocycles. The van der Waals surface area contributed by atoms with Crippen LogP contribution in [-0.4, -0.2) is 6.04 Å². The average Bonchev–Trinajstić information content (AvgIpc) is 3.29. The monoisotopic (exact) mass is 359 g/mol. The highest BCUT2D eigenvalue weighted by atomic mass is 15.2. The predicted octanol–water partition coefficient (Wildman–Crippen LogP) is 6.64. The van der Waals surface area contributed by atoms with Gasteiger partial charge in [0.25, 0.3) is 0 Å². The zero-order valence-corrected chi connectivity index (χ0v) is 15.7. The largest absolute Gasteiger partial charge is 0.337 e. The van der Waals surface area contributed by atoms with Crippen LogP contribution in [0.3, 0.4) is 0 Å². The minimum atomic E-state index is 0.582. The molecule has 0 aliphatic carbocycles. The van der Waals surface area contributed by atoms with Gasteiger partial charge in [0.15, 0.2) is 0 Å². The molecule has 0 amide bonds. The van der Waals surface area contributed by atoms with Gasteiger partial charge in [0.05, 0.1) is 0 Å². The number of anilines is 2. The molecule has 0 radical (unpaired) electrons. The van der Waals surface area contributed by atoms with Gasteiger partial charge in [-0.05, 0) is 70.5 Å². The lowest BCUT2D eigenvalue weighted by atomic mass is 9.96. The lowest BCUT2D eigenvalue weighted by molar-refractivity contribution is 0.725. The molecule has 0 saturated heterocycles. The van der Waals surface area contributed by atoms with Gasteiger partial charge in [-0.1, -0.05) is 72.8 Å². The normalized spacial score (nSPS) is 16.6. The summed E-state index contributed by atoms with van der Waals surface area (Å²) >= 11 is 0. The molecule has 1 atom stereocenters. The third-order valence-corrected chi connectivity index (χ3v) is 6.17. The van der Waals surface area contributed by atoms with E-state index in [1.165, 1.54) is 44.8 Å². The van der Waals surface area contributed by atoms with Crippen molar-refractivity contribution in [2.24, 2.45) is 0 Å². The van der Waals surface area contributed by atoms with E-state index in [1.807, 2.05) is 0 Å². The molecule has 1 unspecified atom stereocenters. The van der Waals surface area contributed by atoms with Crippen molar-refractivity contribution in [2.75, 3.05) is 4.90 Å². The fraction of sp³-hybridized carbons (Fsp3) is 0.111. The fourth-order valence-electron chi connectivity index (χ4n) is 4.88. The molecular weight excluding hydrogens is 338 g/mol. The first kappa shape index (κ1) is 15.7. The van der Waals surface area contributed by atoms with Crippen molar-refractivity contribution in [1.29, 1.82) is 0 Å². The maximum absolute atomic E-state index is 2.55. The zero-order chi connectivity index (χ0) is 18.5. The van der Waals surface area contributed by atoms with E-state index < -0.39 is 0 Å². The summed E-state index contributed by atoms with van der Waals surface area (Å²) < 4.78 is 0. The van der Waals surface area contributed by atoms with Gasteiger partial charge in [-0.25, -0.2) is 0 Å². The third kappa shape index (κ3) is 2.40. The lowest BCUT2D eigenvalue weighted by Gasteiger charge is -2.20. The summed E-state index contributed by atoms with van der Waals surface area (Å²) in [7, 11) is 0. The van der Waals surface area contributed by atoms with Crippen molar-refractivity contribution in [2.45, 2.75) is 18.9 Å². The highest BCUT2D eigenvalue weighted by Gasteiger charge is 2.36. The molecule has 2 aliphatic heterocycles. The summed E-state index contributed by atoms with van der Waals surface area (Å²) in [5.74, 6) is 0. The Morgan fingerprint density at radius 1 is 0.500 bits per heavy atom. The second-order valence-corrected chi connectivity index (χ2v) is 7.85. The summed E-state index contributed by atoms with van der Waals surface area (Å²) in [5.41, 5.74) is 10.9. The topological polar surface area (TPSA) is 3.24 Å². The SMILES string of the molecule is c1ccc(-c2cccc(-c3ccc4c(c3)CC3Cc5ccccc5N43)c2)cc1. The Morgan fingerprint density at radius 3 is 2.04 bits per heavy atom. The van der Waals surface area contributed by atoms with Crippen molar-refractivity contribution >= 4 is 11.4 Å². The first-order valence-corrected chi connectivity index (χ1v) is 10.0. The Kier molecular flexibility index (Phi) is 3.42.